The van der Waals surface area contributed by atoms with Crippen LogP contribution in [0.4, 0.5) is 0 Å². The zero-order valence-electron chi connectivity index (χ0n) is 7.11. The van der Waals surface area contributed by atoms with Crippen molar-refractivity contribution in [1.82, 2.24) is 4.98 Å². The topological polar surface area (TPSA) is 30.0 Å². The van der Waals surface area contributed by atoms with Gasteiger partial charge in [0, 0.05) is 10.9 Å². The molecule has 0 radical (unpaired) electrons. The van der Waals surface area contributed by atoms with Crippen LogP contribution in [0.25, 0.3) is 11.3 Å². The molecule has 0 spiro atoms. The first-order valence-corrected chi connectivity index (χ1v) is 5.24. The van der Waals surface area contributed by atoms with Gasteiger partial charge < -0.3 is 0 Å². The first kappa shape index (κ1) is 9.37. The van der Waals surface area contributed by atoms with E-state index in [1.165, 1.54) is 11.3 Å². The van der Waals surface area contributed by atoms with Crippen LogP contribution in [0.3, 0.4) is 0 Å². The Morgan fingerprint density at radius 2 is 2.00 bits per heavy atom. The number of nitrogens with zero attached hydrogens (tertiary/aromatic N) is 1. The van der Waals surface area contributed by atoms with E-state index in [-0.39, 0.29) is 0 Å². The van der Waals surface area contributed by atoms with Gasteiger partial charge in [-0.15, -0.1) is 11.3 Å². The molecule has 0 atom stereocenters. The highest BCUT2D eigenvalue weighted by atomic mass is 35.5. The maximum absolute atomic E-state index is 10.8. The van der Waals surface area contributed by atoms with Gasteiger partial charge in [0.05, 0.1) is 5.69 Å². The highest BCUT2D eigenvalue weighted by molar-refractivity contribution is 7.13. The van der Waals surface area contributed by atoms with Gasteiger partial charge >= 0.3 is 0 Å². The minimum atomic E-state index is -0.503. The van der Waals surface area contributed by atoms with Crippen LogP contribution in [0.5, 0.6) is 0 Å². The van der Waals surface area contributed by atoms with Crippen molar-refractivity contribution in [1.29, 1.82) is 0 Å². The van der Waals surface area contributed by atoms with E-state index < -0.39 is 5.24 Å². The molecular weight excluding hydrogens is 218 g/mol. The lowest BCUT2D eigenvalue weighted by atomic mass is 10.2. The van der Waals surface area contributed by atoms with Crippen LogP contribution in [0.2, 0.25) is 0 Å². The summed E-state index contributed by atoms with van der Waals surface area (Å²) in [5.41, 5.74) is 1.78. The Bertz CT molecular complexity index is 452. The number of thiazole rings is 1. The van der Waals surface area contributed by atoms with E-state index >= 15 is 0 Å². The number of carbonyl (C=O) groups excluding carboxylic acids is 1. The number of aromatic nitrogens is 1. The van der Waals surface area contributed by atoms with E-state index in [0.717, 1.165) is 11.3 Å². The van der Waals surface area contributed by atoms with Crippen LogP contribution in [0.1, 0.15) is 9.80 Å². The van der Waals surface area contributed by atoms with Gasteiger partial charge in [-0.3, -0.25) is 4.79 Å². The Labute approximate surface area is 90.2 Å². The normalized spacial score (nSPS) is 10.1. The zero-order valence-corrected chi connectivity index (χ0v) is 8.68. The highest BCUT2D eigenvalue weighted by Crippen LogP contribution is 2.22. The molecule has 70 valence electrons. The lowest BCUT2D eigenvalue weighted by Crippen LogP contribution is -1.86. The summed E-state index contributed by atoms with van der Waals surface area (Å²) in [5, 5.41) is 1.66. The number of hydrogen-bond acceptors (Lipinski definition) is 3. The van der Waals surface area contributed by atoms with Crippen LogP contribution in [0.15, 0.2) is 35.7 Å². The van der Waals surface area contributed by atoms with E-state index in [9.17, 15) is 4.79 Å². The van der Waals surface area contributed by atoms with Crippen molar-refractivity contribution in [2.24, 2.45) is 0 Å². The monoisotopic (exact) mass is 223 g/mol. The summed E-state index contributed by atoms with van der Waals surface area (Å²) in [7, 11) is 0. The molecule has 0 unspecified atom stereocenters. The SMILES string of the molecule is O=C(Cl)c1nc(-c2ccccc2)cs1. The minimum absolute atomic E-state index is 0.338. The summed E-state index contributed by atoms with van der Waals surface area (Å²) >= 11 is 6.57. The first-order valence-electron chi connectivity index (χ1n) is 3.98. The van der Waals surface area contributed by atoms with Crippen LogP contribution < -0.4 is 0 Å². The van der Waals surface area contributed by atoms with Crippen molar-refractivity contribution in [3.8, 4) is 11.3 Å². The number of benzene rings is 1. The average molecular weight is 224 g/mol. The molecule has 0 aliphatic heterocycles. The van der Waals surface area contributed by atoms with E-state index in [2.05, 4.69) is 4.98 Å². The van der Waals surface area contributed by atoms with Crippen molar-refractivity contribution in [2.75, 3.05) is 0 Å². The molecule has 0 N–H and O–H groups in total. The fourth-order valence-corrected chi connectivity index (χ4v) is 1.94. The second-order valence-corrected chi connectivity index (χ2v) is 3.88. The fourth-order valence-electron chi connectivity index (χ4n) is 1.11. The third-order valence-electron chi connectivity index (χ3n) is 1.74. The average Bonchev–Trinajstić information content (AvgIpc) is 2.68. The number of carbonyl (C=O) groups is 1. The number of rotatable bonds is 2. The smallest absolute Gasteiger partial charge is 0.273 e. The number of hydrogen-bond donors (Lipinski definition) is 0. The first-order chi connectivity index (χ1) is 6.77. The van der Waals surface area contributed by atoms with E-state index in [4.69, 9.17) is 11.6 Å². The second-order valence-electron chi connectivity index (χ2n) is 2.68. The summed E-state index contributed by atoms with van der Waals surface area (Å²) < 4.78 is 0. The zero-order chi connectivity index (χ0) is 9.97. The maximum Gasteiger partial charge on any atom is 0.281 e. The Kier molecular flexibility index (Phi) is 2.61. The van der Waals surface area contributed by atoms with Gasteiger partial charge in [0.15, 0.2) is 5.01 Å². The molecule has 2 aromatic rings. The van der Waals surface area contributed by atoms with Gasteiger partial charge in [-0.1, -0.05) is 30.3 Å². The molecule has 0 saturated carbocycles. The highest BCUT2D eigenvalue weighted by Gasteiger charge is 2.08. The molecule has 1 heterocycles. The molecule has 2 rings (SSSR count). The summed E-state index contributed by atoms with van der Waals surface area (Å²) in [6, 6.07) is 9.67. The molecular formula is C10H6ClNOS. The predicted octanol–water partition coefficient (Wildman–Crippen LogP) is 3.19. The van der Waals surface area contributed by atoms with Gasteiger partial charge in [-0.2, -0.15) is 0 Å². The van der Waals surface area contributed by atoms with Crippen molar-refractivity contribution in [3.05, 3.63) is 40.7 Å². The molecule has 0 fully saturated rings. The third-order valence-corrected chi connectivity index (χ3v) is 2.87. The van der Waals surface area contributed by atoms with Crippen LogP contribution in [-0.2, 0) is 0 Å². The Morgan fingerprint density at radius 1 is 1.29 bits per heavy atom. The van der Waals surface area contributed by atoms with Gasteiger partial charge in [0.2, 0.25) is 0 Å². The van der Waals surface area contributed by atoms with Crippen molar-refractivity contribution >= 4 is 28.2 Å². The van der Waals surface area contributed by atoms with Gasteiger partial charge in [0.1, 0.15) is 0 Å². The van der Waals surface area contributed by atoms with E-state index in [0.29, 0.717) is 5.01 Å². The van der Waals surface area contributed by atoms with Crippen LogP contribution in [0, 0.1) is 0 Å². The Hall–Kier alpha value is -1.19. The van der Waals surface area contributed by atoms with E-state index in [1.807, 2.05) is 35.7 Å². The summed E-state index contributed by atoms with van der Waals surface area (Å²) in [5.74, 6) is 0. The molecule has 0 aliphatic carbocycles. The lowest BCUT2D eigenvalue weighted by Gasteiger charge is -1.93. The molecule has 4 heteroatoms. The minimum Gasteiger partial charge on any atom is -0.273 e. The van der Waals surface area contributed by atoms with Crippen LogP contribution >= 0.6 is 22.9 Å². The van der Waals surface area contributed by atoms with Crippen LogP contribution in [-0.4, -0.2) is 10.2 Å². The van der Waals surface area contributed by atoms with Gasteiger partial charge in [-0.05, 0) is 11.6 Å². The summed E-state index contributed by atoms with van der Waals surface area (Å²) in [6.07, 6.45) is 0. The predicted molar refractivity (Wildman–Crippen MR) is 57.7 cm³/mol. The molecule has 0 amide bonds. The van der Waals surface area contributed by atoms with Crippen molar-refractivity contribution in [3.63, 3.8) is 0 Å². The van der Waals surface area contributed by atoms with Crippen molar-refractivity contribution in [2.45, 2.75) is 0 Å². The standard InChI is InChI=1S/C10H6ClNOS/c11-9(13)10-12-8(6-14-10)7-4-2-1-3-5-7/h1-6H. The number of halogens is 1. The summed E-state index contributed by atoms with van der Waals surface area (Å²) in [6.45, 7) is 0. The Morgan fingerprint density at radius 3 is 2.57 bits per heavy atom. The molecule has 0 saturated heterocycles. The molecule has 1 aromatic heterocycles. The molecule has 2 nitrogen and oxygen atoms in total. The lowest BCUT2D eigenvalue weighted by molar-refractivity contribution is 0.108. The second kappa shape index (κ2) is 3.90. The van der Waals surface area contributed by atoms with Gasteiger partial charge in [-0.25, -0.2) is 4.98 Å². The summed E-state index contributed by atoms with van der Waals surface area (Å²) in [4.78, 5) is 14.9. The van der Waals surface area contributed by atoms with Gasteiger partial charge in [0.25, 0.3) is 5.24 Å². The quantitative estimate of drug-likeness (QED) is 0.732. The third kappa shape index (κ3) is 1.84. The Balaban J connectivity index is 2.39. The maximum atomic E-state index is 10.8. The molecule has 14 heavy (non-hydrogen) atoms. The molecule has 0 aliphatic rings. The van der Waals surface area contributed by atoms with Crippen molar-refractivity contribution < 1.29 is 4.79 Å². The molecule has 1 aromatic carbocycles. The van der Waals surface area contributed by atoms with E-state index in [1.54, 1.807) is 0 Å². The largest absolute Gasteiger partial charge is 0.281 e. The fraction of sp³-hybridized carbons (Fsp3) is 0. The molecule has 0 bridgehead atoms.